The van der Waals surface area contributed by atoms with Crippen molar-refractivity contribution in [3.63, 3.8) is 0 Å². The highest BCUT2D eigenvalue weighted by molar-refractivity contribution is 7.86. The molecule has 0 spiro atoms. The highest BCUT2D eigenvalue weighted by Gasteiger charge is 2.44. The predicted molar refractivity (Wildman–Crippen MR) is 54.0 cm³/mol. The van der Waals surface area contributed by atoms with Crippen LogP contribution >= 0.6 is 11.6 Å². The molecule has 0 fully saturated rings. The number of pyridine rings is 1. The van der Waals surface area contributed by atoms with E-state index in [1.54, 1.807) is 0 Å². The first-order chi connectivity index (χ1) is 7.59. The van der Waals surface area contributed by atoms with Gasteiger partial charge in [-0.25, -0.2) is 4.98 Å². The Labute approximate surface area is 100 Å². The topological polar surface area (TPSA) is 56.3 Å². The highest BCUT2D eigenvalue weighted by Crippen LogP contribution is 2.36. The Morgan fingerprint density at radius 2 is 2.00 bits per heavy atom. The maximum atomic E-state index is 12.6. The zero-order chi connectivity index (χ0) is 13.3. The summed E-state index contributed by atoms with van der Waals surface area (Å²) in [5, 5.41) is -0.00553. The average molecular weight is 290 g/mol. The highest BCUT2D eigenvalue weighted by atomic mass is 35.5. The first kappa shape index (κ1) is 14.2. The molecule has 0 saturated carbocycles. The van der Waals surface area contributed by atoms with Crippen LogP contribution in [-0.2, 0) is 14.3 Å². The Balaban J connectivity index is 3.12. The average Bonchev–Trinajstić information content (AvgIpc) is 2.13. The molecule has 0 amide bonds. The van der Waals surface area contributed by atoms with Crippen molar-refractivity contribution in [2.45, 2.75) is 12.3 Å². The van der Waals surface area contributed by atoms with Crippen LogP contribution in [-0.4, -0.2) is 25.8 Å². The van der Waals surface area contributed by atoms with E-state index in [2.05, 4.69) is 9.17 Å². The smallest absolute Gasteiger partial charge is 0.252 e. The molecule has 4 nitrogen and oxygen atoms in total. The Morgan fingerprint density at radius 1 is 1.41 bits per heavy atom. The molecular formula is C8H7ClF3NO3S. The minimum absolute atomic E-state index is 0.00553. The summed E-state index contributed by atoms with van der Waals surface area (Å²) in [5.41, 5.74) is -0.438. The molecule has 0 saturated heterocycles. The normalized spacial score (nSPS) is 14.6. The molecule has 0 radical (unpaired) electrons. The Hall–Kier alpha value is -0.860. The lowest BCUT2D eigenvalue weighted by Gasteiger charge is -2.19. The Morgan fingerprint density at radius 3 is 2.35 bits per heavy atom. The van der Waals surface area contributed by atoms with Crippen LogP contribution in [0.5, 0.6) is 0 Å². The molecular weight excluding hydrogens is 283 g/mol. The van der Waals surface area contributed by atoms with Crippen molar-refractivity contribution in [3.8, 4) is 0 Å². The van der Waals surface area contributed by atoms with Crippen LogP contribution < -0.4 is 0 Å². The van der Waals surface area contributed by atoms with Gasteiger partial charge >= 0.3 is 6.18 Å². The van der Waals surface area contributed by atoms with Crippen LogP contribution in [0.2, 0.25) is 5.15 Å². The van der Waals surface area contributed by atoms with E-state index in [0.29, 0.717) is 6.26 Å². The molecule has 0 aliphatic carbocycles. The number of halogens is 4. The summed E-state index contributed by atoms with van der Waals surface area (Å²) >= 11 is 5.41. The molecule has 0 N–H and O–H groups in total. The number of alkyl halides is 3. The van der Waals surface area contributed by atoms with Gasteiger partial charge in [0.1, 0.15) is 5.15 Å². The second-order valence-electron chi connectivity index (χ2n) is 3.14. The van der Waals surface area contributed by atoms with Gasteiger partial charge in [0.2, 0.25) is 0 Å². The van der Waals surface area contributed by atoms with Gasteiger partial charge in [-0.15, -0.1) is 0 Å². The lowest BCUT2D eigenvalue weighted by atomic mass is 10.1. The molecule has 1 heterocycles. The molecule has 9 heteroatoms. The maximum Gasteiger partial charge on any atom is 0.420 e. The number of aromatic nitrogens is 1. The van der Waals surface area contributed by atoms with Gasteiger partial charge in [-0.2, -0.15) is 21.6 Å². The molecule has 0 aromatic carbocycles. The first-order valence-corrected chi connectivity index (χ1v) is 6.35. The summed E-state index contributed by atoms with van der Waals surface area (Å²) in [6, 6.07) is 2.11. The monoisotopic (exact) mass is 289 g/mol. The second kappa shape index (κ2) is 4.79. The molecule has 1 aromatic rings. The van der Waals surface area contributed by atoms with Gasteiger partial charge in [0.25, 0.3) is 10.1 Å². The first-order valence-electron chi connectivity index (χ1n) is 4.16. The van der Waals surface area contributed by atoms with Gasteiger partial charge in [-0.05, 0) is 6.07 Å². The zero-order valence-corrected chi connectivity index (χ0v) is 9.97. The van der Waals surface area contributed by atoms with Gasteiger partial charge in [-0.1, -0.05) is 17.7 Å². The van der Waals surface area contributed by atoms with Gasteiger partial charge in [0.15, 0.2) is 6.10 Å². The van der Waals surface area contributed by atoms with Crippen molar-refractivity contribution in [2.75, 3.05) is 6.26 Å². The predicted octanol–water partition coefficient (Wildman–Crippen LogP) is 2.31. The van der Waals surface area contributed by atoms with Gasteiger partial charge < -0.3 is 0 Å². The summed E-state index contributed by atoms with van der Waals surface area (Å²) in [7, 11) is -4.25. The third-order valence-corrected chi connectivity index (χ3v) is 2.39. The van der Waals surface area contributed by atoms with Crippen LogP contribution in [0.1, 0.15) is 11.7 Å². The Bertz CT molecular complexity index is 486. The summed E-state index contributed by atoms with van der Waals surface area (Å²) in [6.07, 6.45) is -6.10. The molecule has 17 heavy (non-hydrogen) atoms. The van der Waals surface area contributed by atoms with Crippen molar-refractivity contribution >= 4 is 21.7 Å². The third-order valence-electron chi connectivity index (χ3n) is 1.62. The van der Waals surface area contributed by atoms with E-state index in [-0.39, 0.29) is 5.15 Å². The molecule has 0 aliphatic heterocycles. The van der Waals surface area contributed by atoms with Crippen molar-refractivity contribution in [2.24, 2.45) is 0 Å². The fourth-order valence-electron chi connectivity index (χ4n) is 1.02. The molecule has 1 aromatic heterocycles. The number of hydrogen-bond donors (Lipinski definition) is 0. The van der Waals surface area contributed by atoms with Crippen LogP contribution in [0, 0.1) is 0 Å². The lowest BCUT2D eigenvalue weighted by Crippen LogP contribution is -2.26. The van der Waals surface area contributed by atoms with Gasteiger partial charge in [0.05, 0.1) is 6.26 Å². The fraction of sp³-hybridized carbons (Fsp3) is 0.375. The summed E-state index contributed by atoms with van der Waals surface area (Å²) in [5.74, 6) is 0. The van der Waals surface area contributed by atoms with Crippen molar-refractivity contribution in [1.29, 1.82) is 0 Å². The number of nitrogens with zero attached hydrogens (tertiary/aromatic N) is 1. The molecule has 0 aliphatic rings. The lowest BCUT2D eigenvalue weighted by molar-refractivity contribution is -0.196. The Kier molecular flexibility index (Phi) is 4.00. The van der Waals surface area contributed by atoms with E-state index in [9.17, 15) is 21.6 Å². The SMILES string of the molecule is CS(=O)(=O)OC(c1ccc(Cl)nc1)C(F)(F)F. The third kappa shape index (κ3) is 4.49. The molecule has 1 rings (SSSR count). The van der Waals surface area contributed by atoms with Crippen LogP contribution in [0.15, 0.2) is 18.3 Å². The summed E-state index contributed by atoms with van der Waals surface area (Å²) < 4.78 is 63.3. The summed E-state index contributed by atoms with van der Waals surface area (Å²) in [6.45, 7) is 0. The molecule has 1 atom stereocenters. The van der Waals surface area contributed by atoms with Crippen molar-refractivity contribution in [1.82, 2.24) is 4.98 Å². The van der Waals surface area contributed by atoms with Crippen molar-refractivity contribution < 1.29 is 25.8 Å². The van der Waals surface area contributed by atoms with E-state index in [4.69, 9.17) is 11.6 Å². The minimum Gasteiger partial charge on any atom is -0.252 e. The number of rotatable bonds is 3. The maximum absolute atomic E-state index is 12.6. The van der Waals surface area contributed by atoms with Gasteiger partial charge in [-0.3, -0.25) is 4.18 Å². The van der Waals surface area contributed by atoms with Crippen molar-refractivity contribution in [3.05, 3.63) is 29.0 Å². The van der Waals surface area contributed by atoms with Gasteiger partial charge in [0, 0.05) is 11.8 Å². The van der Waals surface area contributed by atoms with Crippen LogP contribution in [0.25, 0.3) is 0 Å². The van der Waals surface area contributed by atoms with E-state index >= 15 is 0 Å². The zero-order valence-electron chi connectivity index (χ0n) is 8.40. The van der Waals surface area contributed by atoms with Crippen LogP contribution in [0.3, 0.4) is 0 Å². The molecule has 0 bridgehead atoms. The minimum atomic E-state index is -4.86. The van der Waals surface area contributed by atoms with E-state index in [1.807, 2.05) is 0 Å². The van der Waals surface area contributed by atoms with E-state index in [1.165, 1.54) is 0 Å². The van der Waals surface area contributed by atoms with Crippen LogP contribution in [0.4, 0.5) is 13.2 Å². The quantitative estimate of drug-likeness (QED) is 0.633. The number of hydrogen-bond acceptors (Lipinski definition) is 4. The summed E-state index contributed by atoms with van der Waals surface area (Å²) in [4.78, 5) is 3.43. The standard InChI is InChI=1S/C8H7ClF3NO3S/c1-17(14,15)16-7(8(10,11)12)5-2-3-6(9)13-4-5/h2-4,7H,1H3. The van der Waals surface area contributed by atoms with E-state index in [0.717, 1.165) is 18.3 Å². The molecule has 1 unspecified atom stereocenters. The second-order valence-corrected chi connectivity index (χ2v) is 5.12. The van der Waals surface area contributed by atoms with E-state index < -0.39 is 28.0 Å². The largest absolute Gasteiger partial charge is 0.420 e. The fourth-order valence-corrected chi connectivity index (χ4v) is 1.70. The molecule has 96 valence electrons.